The molecule has 0 fully saturated rings. The van der Waals surface area contributed by atoms with Crippen LogP contribution < -0.4 is 4.74 Å². The van der Waals surface area contributed by atoms with Crippen LogP contribution in [0.2, 0.25) is 0 Å². The first-order chi connectivity index (χ1) is 12.1. The molecule has 0 saturated heterocycles. The number of ether oxygens (including phenoxy) is 1. The second-order valence-electron chi connectivity index (χ2n) is 5.07. The van der Waals surface area contributed by atoms with Gasteiger partial charge in [0.1, 0.15) is 5.75 Å². The fraction of sp³-hybridized carbons (Fsp3) is 0.188. The van der Waals surface area contributed by atoms with Gasteiger partial charge in [-0.3, -0.25) is 0 Å². The number of hydrogen-bond donors (Lipinski definition) is 1. The Hall–Kier alpha value is -2.94. The normalized spacial score (nSPS) is 10.6. The number of hydrogen-bond acceptors (Lipinski definition) is 7. The number of carboxylic acid groups (broad SMARTS) is 1. The van der Waals surface area contributed by atoms with Gasteiger partial charge in [0, 0.05) is 18.1 Å². The quantitative estimate of drug-likeness (QED) is 0.530. The Morgan fingerprint density at radius 3 is 2.72 bits per heavy atom. The molecule has 2 heterocycles. The van der Waals surface area contributed by atoms with Gasteiger partial charge < -0.3 is 9.84 Å². The molecule has 1 N–H and O–H groups in total. The number of thioether (sulfide) groups is 1. The van der Waals surface area contributed by atoms with E-state index in [1.807, 2.05) is 19.1 Å². The Balaban J connectivity index is 1.98. The van der Waals surface area contributed by atoms with E-state index in [-0.39, 0.29) is 5.69 Å². The highest BCUT2D eigenvalue weighted by Gasteiger charge is 2.21. The van der Waals surface area contributed by atoms with Crippen molar-refractivity contribution in [3.63, 3.8) is 0 Å². The van der Waals surface area contributed by atoms with E-state index < -0.39 is 5.97 Å². The molecule has 0 bridgehead atoms. The molecule has 0 spiro atoms. The van der Waals surface area contributed by atoms with Gasteiger partial charge in [-0.1, -0.05) is 17.0 Å². The molecule has 0 unspecified atom stereocenters. The second kappa shape index (κ2) is 7.31. The third kappa shape index (κ3) is 3.61. The van der Waals surface area contributed by atoms with Crippen LogP contribution in [0.25, 0.3) is 5.69 Å². The molecule has 2 aromatic heterocycles. The van der Waals surface area contributed by atoms with E-state index in [4.69, 9.17) is 4.74 Å². The van der Waals surface area contributed by atoms with Crippen LogP contribution >= 0.6 is 11.8 Å². The van der Waals surface area contributed by atoms with Crippen molar-refractivity contribution in [3.05, 3.63) is 53.6 Å². The summed E-state index contributed by atoms with van der Waals surface area (Å²) >= 11 is 1.32. The van der Waals surface area contributed by atoms with E-state index >= 15 is 0 Å². The zero-order valence-electron chi connectivity index (χ0n) is 13.6. The summed E-state index contributed by atoms with van der Waals surface area (Å²) in [7, 11) is 1.59. The number of carboxylic acids is 1. The lowest BCUT2D eigenvalue weighted by molar-refractivity contribution is 0.0689. The van der Waals surface area contributed by atoms with Crippen LogP contribution in [-0.2, 0) is 5.75 Å². The Labute approximate surface area is 147 Å². The summed E-state index contributed by atoms with van der Waals surface area (Å²) in [6.45, 7) is 1.90. The molecular weight excluding hydrogens is 342 g/mol. The Kier molecular flexibility index (Phi) is 4.94. The largest absolute Gasteiger partial charge is 0.497 e. The maximum absolute atomic E-state index is 11.5. The summed E-state index contributed by atoms with van der Waals surface area (Å²) in [5.41, 5.74) is 2.02. The van der Waals surface area contributed by atoms with Crippen molar-refractivity contribution in [2.45, 2.75) is 17.8 Å². The van der Waals surface area contributed by atoms with Crippen LogP contribution in [0.3, 0.4) is 0 Å². The molecule has 1 aromatic carbocycles. The van der Waals surface area contributed by atoms with Crippen molar-refractivity contribution >= 4 is 17.7 Å². The van der Waals surface area contributed by atoms with Crippen LogP contribution in [0.5, 0.6) is 5.75 Å². The van der Waals surface area contributed by atoms with Crippen molar-refractivity contribution < 1.29 is 14.6 Å². The summed E-state index contributed by atoms with van der Waals surface area (Å²) in [5.74, 6) is -0.0835. The molecule has 0 aliphatic heterocycles. The predicted octanol–water partition coefficient (Wildman–Crippen LogP) is 2.36. The number of carbonyl (C=O) groups is 1. The predicted molar refractivity (Wildman–Crippen MR) is 91.2 cm³/mol. The molecule has 128 valence electrons. The van der Waals surface area contributed by atoms with Gasteiger partial charge in [-0.25, -0.2) is 19.4 Å². The van der Waals surface area contributed by atoms with Crippen LogP contribution in [0.15, 0.2) is 41.8 Å². The number of aromatic carboxylic acids is 1. The van der Waals surface area contributed by atoms with Crippen molar-refractivity contribution in [1.29, 1.82) is 0 Å². The van der Waals surface area contributed by atoms with Gasteiger partial charge in [0.2, 0.25) is 0 Å². The molecular formula is C16H15N5O3S. The lowest BCUT2D eigenvalue weighted by Gasteiger charge is -2.10. The van der Waals surface area contributed by atoms with E-state index in [0.717, 1.165) is 11.3 Å². The summed E-state index contributed by atoms with van der Waals surface area (Å²) in [5, 5.41) is 17.8. The minimum absolute atomic E-state index is 0.0846. The summed E-state index contributed by atoms with van der Waals surface area (Å²) in [6.07, 6.45) is 3.27. The third-order valence-corrected chi connectivity index (χ3v) is 4.36. The fourth-order valence-corrected chi connectivity index (χ4v) is 3.07. The fourth-order valence-electron chi connectivity index (χ4n) is 2.28. The van der Waals surface area contributed by atoms with E-state index in [1.165, 1.54) is 16.4 Å². The summed E-state index contributed by atoms with van der Waals surface area (Å²) < 4.78 is 6.74. The number of benzene rings is 1. The topological polar surface area (TPSA) is 103 Å². The Morgan fingerprint density at radius 2 is 2.08 bits per heavy atom. The van der Waals surface area contributed by atoms with Crippen molar-refractivity contribution in [1.82, 2.24) is 25.0 Å². The van der Waals surface area contributed by atoms with E-state index in [2.05, 4.69) is 20.3 Å². The SMILES string of the molecule is COc1ccc(-n2nnc(C(=O)O)c2CSc2ncccn2)c(C)c1. The van der Waals surface area contributed by atoms with Gasteiger partial charge in [-0.05, 0) is 36.8 Å². The average molecular weight is 357 g/mol. The molecule has 3 aromatic rings. The highest BCUT2D eigenvalue weighted by molar-refractivity contribution is 7.98. The van der Waals surface area contributed by atoms with E-state index in [0.29, 0.717) is 22.4 Å². The van der Waals surface area contributed by atoms with Gasteiger partial charge in [0.15, 0.2) is 10.9 Å². The number of aryl methyl sites for hydroxylation is 1. The molecule has 0 atom stereocenters. The van der Waals surface area contributed by atoms with Gasteiger partial charge in [-0.15, -0.1) is 5.10 Å². The molecule has 9 heteroatoms. The van der Waals surface area contributed by atoms with Crippen LogP contribution in [0, 0.1) is 6.92 Å². The maximum Gasteiger partial charge on any atom is 0.358 e. The van der Waals surface area contributed by atoms with Crippen molar-refractivity contribution in [2.75, 3.05) is 7.11 Å². The zero-order chi connectivity index (χ0) is 17.8. The Bertz CT molecular complexity index is 898. The standard InChI is InChI=1S/C16H15N5O3S/c1-10-8-11(24-2)4-5-12(10)21-13(14(15(22)23)19-20-21)9-25-16-17-6-3-7-18-16/h3-8H,9H2,1-2H3,(H,22,23). The van der Waals surface area contributed by atoms with Crippen molar-refractivity contribution in [2.24, 2.45) is 0 Å². The lowest BCUT2D eigenvalue weighted by Crippen LogP contribution is -2.07. The molecule has 0 aliphatic carbocycles. The van der Waals surface area contributed by atoms with Gasteiger partial charge in [0.05, 0.1) is 18.5 Å². The van der Waals surface area contributed by atoms with Gasteiger partial charge in [0.25, 0.3) is 0 Å². The summed E-state index contributed by atoms with van der Waals surface area (Å²) in [6, 6.07) is 7.19. The van der Waals surface area contributed by atoms with Crippen LogP contribution in [0.1, 0.15) is 21.7 Å². The van der Waals surface area contributed by atoms with Crippen LogP contribution in [0.4, 0.5) is 0 Å². The monoisotopic (exact) mass is 357 g/mol. The highest BCUT2D eigenvalue weighted by atomic mass is 32.2. The van der Waals surface area contributed by atoms with E-state index in [1.54, 1.807) is 31.6 Å². The molecule has 0 aliphatic rings. The first kappa shape index (κ1) is 16.9. The minimum atomic E-state index is -1.12. The smallest absolute Gasteiger partial charge is 0.358 e. The molecule has 0 radical (unpaired) electrons. The van der Waals surface area contributed by atoms with Gasteiger partial charge >= 0.3 is 5.97 Å². The van der Waals surface area contributed by atoms with Crippen LogP contribution in [-0.4, -0.2) is 43.1 Å². The number of aromatic nitrogens is 5. The number of methoxy groups -OCH3 is 1. The number of nitrogens with zero attached hydrogens (tertiary/aromatic N) is 5. The molecule has 25 heavy (non-hydrogen) atoms. The Morgan fingerprint density at radius 1 is 1.32 bits per heavy atom. The van der Waals surface area contributed by atoms with E-state index in [9.17, 15) is 9.90 Å². The molecule has 8 nitrogen and oxygen atoms in total. The first-order valence-corrected chi connectivity index (χ1v) is 8.31. The molecule has 0 amide bonds. The molecule has 3 rings (SSSR count). The minimum Gasteiger partial charge on any atom is -0.497 e. The van der Waals surface area contributed by atoms with Crippen molar-refractivity contribution in [3.8, 4) is 11.4 Å². The maximum atomic E-state index is 11.5. The average Bonchev–Trinajstić information content (AvgIpc) is 3.04. The highest BCUT2D eigenvalue weighted by Crippen LogP contribution is 2.25. The van der Waals surface area contributed by atoms with Gasteiger partial charge in [-0.2, -0.15) is 0 Å². The third-order valence-electron chi connectivity index (χ3n) is 3.48. The molecule has 0 saturated carbocycles. The lowest BCUT2D eigenvalue weighted by atomic mass is 10.2. The first-order valence-electron chi connectivity index (χ1n) is 7.33. The summed E-state index contributed by atoms with van der Waals surface area (Å²) in [4.78, 5) is 19.8. The zero-order valence-corrected chi connectivity index (χ0v) is 14.4. The number of rotatable bonds is 6. The second-order valence-corrected chi connectivity index (χ2v) is 6.02.